The smallest absolute Gasteiger partial charge is 0.242 e. The predicted octanol–water partition coefficient (Wildman–Crippen LogP) is 3.46. The Kier molecular flexibility index (Phi) is 5.15. The topological polar surface area (TPSA) is 41.1 Å². The second-order valence-corrected chi connectivity index (χ2v) is 5.96. The third-order valence-electron chi connectivity index (χ3n) is 4.06. The van der Waals surface area contributed by atoms with Crippen LogP contribution in [-0.2, 0) is 4.79 Å². The van der Waals surface area contributed by atoms with Crippen molar-refractivity contribution in [1.82, 2.24) is 5.32 Å². The Morgan fingerprint density at radius 2 is 1.86 bits per heavy atom. The van der Waals surface area contributed by atoms with Crippen LogP contribution < -0.4 is 10.6 Å². The summed E-state index contributed by atoms with van der Waals surface area (Å²) in [4.78, 5) is 12.1. The fraction of sp³-hybridized carbons (Fsp3) is 0.562. The summed E-state index contributed by atoms with van der Waals surface area (Å²) in [7, 11) is 0. The molecule has 0 spiro atoms. The van der Waals surface area contributed by atoms with Gasteiger partial charge in [0.25, 0.3) is 0 Å². The Morgan fingerprint density at radius 3 is 2.48 bits per heavy atom. The Bertz CT molecular complexity index is 499. The lowest BCUT2D eigenvalue weighted by Gasteiger charge is -2.28. The van der Waals surface area contributed by atoms with E-state index in [-0.39, 0.29) is 11.9 Å². The molecule has 1 aliphatic carbocycles. The monoisotopic (exact) mass is 296 g/mol. The molecular formula is C16H22F2N2O. The van der Waals surface area contributed by atoms with E-state index < -0.39 is 17.7 Å². The van der Waals surface area contributed by atoms with Crippen molar-refractivity contribution in [2.75, 3.05) is 5.32 Å². The Labute approximate surface area is 124 Å². The van der Waals surface area contributed by atoms with E-state index in [9.17, 15) is 13.6 Å². The van der Waals surface area contributed by atoms with Crippen molar-refractivity contribution in [2.24, 2.45) is 5.92 Å². The summed E-state index contributed by atoms with van der Waals surface area (Å²) >= 11 is 0. The second-order valence-electron chi connectivity index (χ2n) is 5.96. The Morgan fingerprint density at radius 1 is 1.19 bits per heavy atom. The molecule has 1 atom stereocenters. The minimum atomic E-state index is -0.922. The summed E-state index contributed by atoms with van der Waals surface area (Å²) in [6, 6.07) is 3.26. The van der Waals surface area contributed by atoms with Gasteiger partial charge in [-0.2, -0.15) is 0 Å². The van der Waals surface area contributed by atoms with Crippen LogP contribution >= 0.6 is 0 Å². The third kappa shape index (κ3) is 4.41. The highest BCUT2D eigenvalue weighted by Gasteiger charge is 2.22. The molecule has 0 aromatic heterocycles. The lowest BCUT2D eigenvalue weighted by atomic mass is 9.87. The van der Waals surface area contributed by atoms with Crippen LogP contribution in [0.5, 0.6) is 0 Å². The van der Waals surface area contributed by atoms with E-state index in [0.717, 1.165) is 43.7 Å². The van der Waals surface area contributed by atoms with Crippen LogP contribution in [0.4, 0.5) is 14.5 Å². The number of rotatable bonds is 4. The van der Waals surface area contributed by atoms with Gasteiger partial charge in [-0.1, -0.05) is 6.92 Å². The first-order valence-corrected chi connectivity index (χ1v) is 7.47. The van der Waals surface area contributed by atoms with Gasteiger partial charge in [0, 0.05) is 17.8 Å². The van der Waals surface area contributed by atoms with Crippen LogP contribution in [0.15, 0.2) is 18.2 Å². The average molecular weight is 296 g/mol. The number of benzene rings is 1. The fourth-order valence-corrected chi connectivity index (χ4v) is 2.63. The van der Waals surface area contributed by atoms with Gasteiger partial charge in [-0.15, -0.1) is 0 Å². The highest BCUT2D eigenvalue weighted by atomic mass is 19.2. The lowest BCUT2D eigenvalue weighted by Crippen LogP contribution is -2.44. The summed E-state index contributed by atoms with van der Waals surface area (Å²) < 4.78 is 26.0. The molecule has 21 heavy (non-hydrogen) atoms. The zero-order valence-electron chi connectivity index (χ0n) is 12.5. The Balaban J connectivity index is 1.86. The van der Waals surface area contributed by atoms with E-state index >= 15 is 0 Å². The molecule has 0 saturated heterocycles. The van der Waals surface area contributed by atoms with Crippen LogP contribution in [0, 0.1) is 17.6 Å². The van der Waals surface area contributed by atoms with Crippen molar-refractivity contribution in [3.63, 3.8) is 0 Å². The highest BCUT2D eigenvalue weighted by molar-refractivity contribution is 5.84. The molecule has 1 saturated carbocycles. The highest BCUT2D eigenvalue weighted by Crippen LogP contribution is 2.23. The van der Waals surface area contributed by atoms with E-state index in [4.69, 9.17) is 0 Å². The normalized spacial score (nSPS) is 23.4. The van der Waals surface area contributed by atoms with Crippen molar-refractivity contribution in [3.05, 3.63) is 29.8 Å². The van der Waals surface area contributed by atoms with Crippen LogP contribution in [0.2, 0.25) is 0 Å². The zero-order valence-corrected chi connectivity index (χ0v) is 12.5. The number of carbonyl (C=O) groups excluding carboxylic acids is 1. The van der Waals surface area contributed by atoms with Crippen LogP contribution in [0.25, 0.3) is 0 Å². The number of halogens is 2. The molecule has 1 aromatic rings. The fourth-order valence-electron chi connectivity index (χ4n) is 2.63. The molecule has 1 unspecified atom stereocenters. The number of carbonyl (C=O) groups is 1. The van der Waals surface area contributed by atoms with Gasteiger partial charge in [0.15, 0.2) is 11.6 Å². The summed E-state index contributed by atoms with van der Waals surface area (Å²) in [6.07, 6.45) is 4.28. The molecule has 1 amide bonds. The molecule has 1 aromatic carbocycles. The second kappa shape index (κ2) is 6.87. The maximum atomic E-state index is 13.1. The summed E-state index contributed by atoms with van der Waals surface area (Å²) in [6.45, 7) is 3.94. The third-order valence-corrected chi connectivity index (χ3v) is 4.06. The molecule has 1 fully saturated rings. The minimum Gasteiger partial charge on any atom is -0.374 e. The van der Waals surface area contributed by atoms with Gasteiger partial charge in [0.05, 0.1) is 0 Å². The molecule has 0 heterocycles. The number of hydrogen-bond donors (Lipinski definition) is 2. The quantitative estimate of drug-likeness (QED) is 0.893. The van der Waals surface area contributed by atoms with Crippen molar-refractivity contribution < 1.29 is 13.6 Å². The summed E-state index contributed by atoms with van der Waals surface area (Å²) in [5, 5.41) is 5.91. The summed E-state index contributed by atoms with van der Waals surface area (Å²) in [5.74, 6) is -1.20. The van der Waals surface area contributed by atoms with E-state index in [2.05, 4.69) is 17.6 Å². The largest absolute Gasteiger partial charge is 0.374 e. The van der Waals surface area contributed by atoms with Crippen molar-refractivity contribution in [2.45, 2.75) is 51.6 Å². The molecule has 0 aliphatic heterocycles. The molecule has 116 valence electrons. The van der Waals surface area contributed by atoms with Crippen molar-refractivity contribution in [3.8, 4) is 0 Å². The lowest BCUT2D eigenvalue weighted by molar-refractivity contribution is -0.122. The van der Waals surface area contributed by atoms with Crippen molar-refractivity contribution in [1.29, 1.82) is 0 Å². The number of nitrogens with one attached hydrogen (secondary N) is 2. The number of anilines is 1. The summed E-state index contributed by atoms with van der Waals surface area (Å²) in [5.41, 5.74) is 0.397. The number of hydrogen-bond acceptors (Lipinski definition) is 2. The SMILES string of the molecule is CC1CCC(NC(=O)C(C)Nc2ccc(F)c(F)c2)CC1. The molecule has 5 heteroatoms. The predicted molar refractivity (Wildman–Crippen MR) is 79.0 cm³/mol. The van der Waals surface area contributed by atoms with Crippen molar-refractivity contribution >= 4 is 11.6 Å². The van der Waals surface area contributed by atoms with Crippen LogP contribution in [0.3, 0.4) is 0 Å². The van der Waals surface area contributed by atoms with Gasteiger partial charge >= 0.3 is 0 Å². The first-order valence-electron chi connectivity index (χ1n) is 7.47. The van der Waals surface area contributed by atoms with Crippen LogP contribution in [-0.4, -0.2) is 18.0 Å². The first kappa shape index (κ1) is 15.7. The average Bonchev–Trinajstić information content (AvgIpc) is 2.45. The van der Waals surface area contributed by atoms with E-state index in [0.29, 0.717) is 5.69 Å². The standard InChI is InChI=1S/C16H22F2N2O/c1-10-3-5-12(6-4-10)20-16(21)11(2)19-13-7-8-14(17)15(18)9-13/h7-12,19H,3-6H2,1-2H3,(H,20,21). The molecular weight excluding hydrogens is 274 g/mol. The zero-order chi connectivity index (χ0) is 15.4. The van der Waals surface area contributed by atoms with Gasteiger partial charge in [-0.05, 0) is 50.7 Å². The molecule has 3 nitrogen and oxygen atoms in total. The molecule has 2 rings (SSSR count). The van der Waals surface area contributed by atoms with E-state index in [1.807, 2.05) is 0 Å². The molecule has 2 N–H and O–H groups in total. The maximum Gasteiger partial charge on any atom is 0.242 e. The van der Waals surface area contributed by atoms with Gasteiger partial charge in [-0.25, -0.2) is 8.78 Å². The molecule has 0 bridgehead atoms. The van der Waals surface area contributed by atoms with E-state index in [1.165, 1.54) is 6.07 Å². The van der Waals surface area contributed by atoms with Gasteiger partial charge in [-0.3, -0.25) is 4.79 Å². The van der Waals surface area contributed by atoms with Gasteiger partial charge in [0.1, 0.15) is 6.04 Å². The number of amides is 1. The molecule has 1 aliphatic rings. The first-order chi connectivity index (χ1) is 9.95. The van der Waals surface area contributed by atoms with Gasteiger partial charge < -0.3 is 10.6 Å². The van der Waals surface area contributed by atoms with E-state index in [1.54, 1.807) is 6.92 Å². The van der Waals surface area contributed by atoms with Crippen LogP contribution in [0.1, 0.15) is 39.5 Å². The Hall–Kier alpha value is -1.65. The van der Waals surface area contributed by atoms with Gasteiger partial charge in [0.2, 0.25) is 5.91 Å². The minimum absolute atomic E-state index is 0.112. The molecule has 0 radical (unpaired) electrons. The maximum absolute atomic E-state index is 13.1.